The van der Waals surface area contributed by atoms with Crippen LogP contribution < -0.4 is 4.74 Å². The summed E-state index contributed by atoms with van der Waals surface area (Å²) in [5.74, 6) is -1.75. The molecular weight excluding hydrogens is 378 g/mol. The van der Waals surface area contributed by atoms with E-state index in [1.807, 2.05) is 12.1 Å². The molecule has 0 atom stereocenters. The summed E-state index contributed by atoms with van der Waals surface area (Å²) in [5.41, 5.74) is 1.19. The zero-order chi connectivity index (χ0) is 18.1. The maximum Gasteiger partial charge on any atom is 0.414 e. The Labute approximate surface area is 150 Å². The first-order valence-corrected chi connectivity index (χ1v) is 8.66. The third-order valence-electron chi connectivity index (χ3n) is 3.86. The second-order valence-electron chi connectivity index (χ2n) is 5.89. The Bertz CT molecular complexity index is 544. The molecule has 1 saturated heterocycles. The molecule has 0 saturated carbocycles. The van der Waals surface area contributed by atoms with Gasteiger partial charge in [0.2, 0.25) is 0 Å². The van der Waals surface area contributed by atoms with Gasteiger partial charge in [-0.3, -0.25) is 4.90 Å². The number of aryl methyl sites for hydroxylation is 1. The predicted molar refractivity (Wildman–Crippen MR) is 94.5 cm³/mol. The van der Waals surface area contributed by atoms with E-state index >= 15 is 0 Å². The van der Waals surface area contributed by atoms with Crippen molar-refractivity contribution in [3.8, 4) is 5.75 Å². The Kier molecular flexibility index (Phi) is 8.78. The van der Waals surface area contributed by atoms with Gasteiger partial charge < -0.3 is 14.9 Å². The van der Waals surface area contributed by atoms with Gasteiger partial charge >= 0.3 is 11.9 Å². The summed E-state index contributed by atoms with van der Waals surface area (Å²) in [6, 6.07) is 6.17. The summed E-state index contributed by atoms with van der Waals surface area (Å²) >= 11 is 3.47. The van der Waals surface area contributed by atoms with Crippen molar-refractivity contribution in [1.29, 1.82) is 0 Å². The lowest BCUT2D eigenvalue weighted by Gasteiger charge is -2.30. The number of hydrogen-bond acceptors (Lipinski definition) is 4. The number of benzene rings is 1. The molecule has 1 fully saturated rings. The quantitative estimate of drug-likeness (QED) is 0.753. The predicted octanol–water partition coefficient (Wildman–Crippen LogP) is 3.02. The van der Waals surface area contributed by atoms with Crippen molar-refractivity contribution in [3.05, 3.63) is 28.2 Å². The van der Waals surface area contributed by atoms with Gasteiger partial charge in [-0.25, -0.2) is 9.59 Å². The van der Waals surface area contributed by atoms with Crippen LogP contribution in [0.25, 0.3) is 0 Å². The van der Waals surface area contributed by atoms with Gasteiger partial charge in [-0.1, -0.05) is 22.9 Å². The molecule has 0 aliphatic carbocycles. The van der Waals surface area contributed by atoms with Crippen LogP contribution in [0.5, 0.6) is 5.75 Å². The van der Waals surface area contributed by atoms with Crippen molar-refractivity contribution in [3.63, 3.8) is 0 Å². The first kappa shape index (κ1) is 20.4. The third kappa shape index (κ3) is 7.79. The van der Waals surface area contributed by atoms with E-state index in [-0.39, 0.29) is 0 Å². The number of halogens is 1. The van der Waals surface area contributed by atoms with E-state index in [1.54, 1.807) is 0 Å². The maximum atomic E-state index is 9.10. The molecule has 1 heterocycles. The van der Waals surface area contributed by atoms with Gasteiger partial charge in [0.05, 0.1) is 0 Å². The molecule has 1 aliphatic heterocycles. The van der Waals surface area contributed by atoms with Crippen molar-refractivity contribution in [2.75, 3.05) is 26.2 Å². The first-order chi connectivity index (χ1) is 11.3. The highest BCUT2D eigenvalue weighted by molar-refractivity contribution is 9.10. The lowest BCUT2D eigenvalue weighted by atomic mass is 9.99. The van der Waals surface area contributed by atoms with Crippen molar-refractivity contribution in [2.45, 2.75) is 26.7 Å². The summed E-state index contributed by atoms with van der Waals surface area (Å²) in [4.78, 5) is 20.7. The van der Waals surface area contributed by atoms with E-state index in [0.29, 0.717) is 0 Å². The Balaban J connectivity index is 0.000000413. The second kappa shape index (κ2) is 10.3. The van der Waals surface area contributed by atoms with Crippen molar-refractivity contribution in [1.82, 2.24) is 4.90 Å². The molecule has 2 N–H and O–H groups in total. The van der Waals surface area contributed by atoms with Gasteiger partial charge in [-0.15, -0.1) is 0 Å². The van der Waals surface area contributed by atoms with Crippen LogP contribution in [0.15, 0.2) is 22.7 Å². The Morgan fingerprint density at radius 2 is 1.83 bits per heavy atom. The number of nitrogens with zero attached hydrogens (tertiary/aromatic N) is 1. The number of hydrogen-bond donors (Lipinski definition) is 2. The fraction of sp³-hybridized carbons (Fsp3) is 0.529. The van der Waals surface area contributed by atoms with E-state index in [4.69, 9.17) is 24.5 Å². The van der Waals surface area contributed by atoms with Crippen LogP contribution in [0.2, 0.25) is 0 Å². The van der Waals surface area contributed by atoms with Crippen molar-refractivity contribution >= 4 is 27.9 Å². The molecule has 0 amide bonds. The van der Waals surface area contributed by atoms with Crippen LogP contribution in [-0.4, -0.2) is 53.3 Å². The van der Waals surface area contributed by atoms with E-state index in [2.05, 4.69) is 40.7 Å². The van der Waals surface area contributed by atoms with Crippen LogP contribution in [-0.2, 0) is 9.59 Å². The maximum absolute atomic E-state index is 9.10. The summed E-state index contributed by atoms with van der Waals surface area (Å²) < 4.78 is 6.97. The zero-order valence-electron chi connectivity index (χ0n) is 14.0. The van der Waals surface area contributed by atoms with Crippen molar-refractivity contribution < 1.29 is 24.5 Å². The van der Waals surface area contributed by atoms with Crippen LogP contribution in [0.4, 0.5) is 0 Å². The monoisotopic (exact) mass is 401 g/mol. The molecule has 0 spiro atoms. The molecule has 134 valence electrons. The van der Waals surface area contributed by atoms with Crippen LogP contribution in [0, 0.1) is 12.8 Å². The molecule has 7 heteroatoms. The minimum Gasteiger partial charge on any atom is -0.492 e. The SMILES string of the molecule is Cc1cc(Br)ccc1OCCN1CCC(C)CC1.O=C(O)C(=O)O. The number of piperidine rings is 1. The standard InChI is InChI=1S/C15H22BrNO.C2H2O4/c1-12-5-7-17(8-6-12)9-10-18-15-4-3-14(16)11-13(15)2;3-1(4)2(5)6/h3-4,11-12H,5-10H2,1-2H3;(H,3,4)(H,5,6). The Hall–Kier alpha value is -1.60. The minimum absolute atomic E-state index is 0.789. The fourth-order valence-electron chi connectivity index (χ4n) is 2.35. The number of likely N-dealkylation sites (tertiary alicyclic amines) is 1. The topological polar surface area (TPSA) is 87.1 Å². The number of carboxylic acid groups (broad SMARTS) is 2. The zero-order valence-corrected chi connectivity index (χ0v) is 15.6. The molecule has 0 unspecified atom stereocenters. The molecule has 0 aromatic heterocycles. The Morgan fingerprint density at radius 1 is 1.25 bits per heavy atom. The molecule has 1 aliphatic rings. The summed E-state index contributed by atoms with van der Waals surface area (Å²) in [6.07, 6.45) is 2.66. The average Bonchev–Trinajstić information content (AvgIpc) is 2.52. The first-order valence-electron chi connectivity index (χ1n) is 7.87. The van der Waals surface area contributed by atoms with E-state index in [1.165, 1.54) is 31.5 Å². The van der Waals surface area contributed by atoms with E-state index in [9.17, 15) is 0 Å². The largest absolute Gasteiger partial charge is 0.492 e. The average molecular weight is 402 g/mol. The normalized spacial score (nSPS) is 15.3. The number of carbonyl (C=O) groups is 2. The highest BCUT2D eigenvalue weighted by Crippen LogP contribution is 2.22. The van der Waals surface area contributed by atoms with Crippen molar-refractivity contribution in [2.24, 2.45) is 5.92 Å². The van der Waals surface area contributed by atoms with Gasteiger partial charge in [-0.05, 0) is 62.5 Å². The molecule has 2 rings (SSSR count). The number of ether oxygens (including phenoxy) is 1. The third-order valence-corrected chi connectivity index (χ3v) is 4.35. The van der Waals surface area contributed by atoms with Gasteiger partial charge in [0.15, 0.2) is 0 Å². The smallest absolute Gasteiger partial charge is 0.414 e. The summed E-state index contributed by atoms with van der Waals surface area (Å²) in [7, 11) is 0. The second-order valence-corrected chi connectivity index (χ2v) is 6.81. The summed E-state index contributed by atoms with van der Waals surface area (Å²) in [6.45, 7) is 8.72. The molecular formula is C17H24BrNO5. The van der Waals surface area contributed by atoms with Gasteiger partial charge in [0.1, 0.15) is 12.4 Å². The molecule has 24 heavy (non-hydrogen) atoms. The fourth-order valence-corrected chi connectivity index (χ4v) is 2.82. The van der Waals surface area contributed by atoms with Gasteiger partial charge in [0, 0.05) is 11.0 Å². The molecule has 1 aromatic rings. The van der Waals surface area contributed by atoms with E-state index < -0.39 is 11.9 Å². The molecule has 0 radical (unpaired) electrons. The van der Waals surface area contributed by atoms with Crippen LogP contribution >= 0.6 is 15.9 Å². The Morgan fingerprint density at radius 3 is 2.33 bits per heavy atom. The molecule has 0 bridgehead atoms. The van der Waals surface area contributed by atoms with Gasteiger partial charge in [0.25, 0.3) is 0 Å². The lowest BCUT2D eigenvalue weighted by molar-refractivity contribution is -0.159. The van der Waals surface area contributed by atoms with Gasteiger partial charge in [-0.2, -0.15) is 0 Å². The minimum atomic E-state index is -1.82. The lowest BCUT2D eigenvalue weighted by Crippen LogP contribution is -2.35. The van der Waals surface area contributed by atoms with Crippen LogP contribution in [0.3, 0.4) is 0 Å². The highest BCUT2D eigenvalue weighted by atomic mass is 79.9. The number of rotatable bonds is 4. The molecule has 6 nitrogen and oxygen atoms in total. The molecule has 1 aromatic carbocycles. The highest BCUT2D eigenvalue weighted by Gasteiger charge is 2.15. The number of aliphatic carboxylic acids is 2. The number of carboxylic acids is 2. The summed E-state index contributed by atoms with van der Waals surface area (Å²) in [5, 5.41) is 14.8. The van der Waals surface area contributed by atoms with Crippen LogP contribution in [0.1, 0.15) is 25.3 Å². The van der Waals surface area contributed by atoms with E-state index in [0.717, 1.165) is 29.3 Å².